The molecular formula is C19H15F2N7. The van der Waals surface area contributed by atoms with Crippen molar-refractivity contribution in [1.82, 2.24) is 25.2 Å². The highest BCUT2D eigenvalue weighted by Crippen LogP contribution is 2.39. The Bertz CT molecular complexity index is 1140. The van der Waals surface area contributed by atoms with Crippen LogP contribution in [-0.4, -0.2) is 38.0 Å². The van der Waals surface area contributed by atoms with Crippen molar-refractivity contribution >= 4 is 17.6 Å². The van der Waals surface area contributed by atoms with Crippen LogP contribution in [0.5, 0.6) is 0 Å². The molecule has 1 aliphatic carbocycles. The van der Waals surface area contributed by atoms with Gasteiger partial charge in [-0.3, -0.25) is 4.99 Å². The van der Waals surface area contributed by atoms with E-state index >= 15 is 0 Å². The summed E-state index contributed by atoms with van der Waals surface area (Å²) in [5.41, 5.74) is 8.47. The molecule has 7 nitrogen and oxygen atoms in total. The third-order valence-electron chi connectivity index (χ3n) is 5.19. The molecule has 0 spiro atoms. The van der Waals surface area contributed by atoms with Crippen LogP contribution in [0.25, 0.3) is 22.6 Å². The summed E-state index contributed by atoms with van der Waals surface area (Å²) in [5.74, 6) is -0.786. The second-order valence-corrected chi connectivity index (χ2v) is 6.88. The van der Waals surface area contributed by atoms with Gasteiger partial charge in [0.25, 0.3) is 0 Å². The Hall–Kier alpha value is -3.49. The lowest BCUT2D eigenvalue weighted by Crippen LogP contribution is -2.06. The van der Waals surface area contributed by atoms with Crippen molar-refractivity contribution in [3.8, 4) is 17.1 Å². The lowest BCUT2D eigenvalue weighted by atomic mass is 9.98. The van der Waals surface area contributed by atoms with Crippen molar-refractivity contribution < 1.29 is 8.78 Å². The third-order valence-corrected chi connectivity index (χ3v) is 5.19. The minimum Gasteiger partial charge on any atom is -0.383 e. The zero-order chi connectivity index (χ0) is 19.3. The number of fused-ring (bicyclic) bond motifs is 1. The second kappa shape index (κ2) is 6.29. The van der Waals surface area contributed by atoms with E-state index in [0.29, 0.717) is 17.4 Å². The third kappa shape index (κ3) is 2.58. The molecule has 9 heteroatoms. The largest absolute Gasteiger partial charge is 0.383 e. The smallest absolute Gasteiger partial charge is 0.190 e. The van der Waals surface area contributed by atoms with Gasteiger partial charge in [-0.2, -0.15) is 4.68 Å². The minimum absolute atomic E-state index is 0.101. The highest BCUT2D eigenvalue weighted by molar-refractivity contribution is 5.80. The van der Waals surface area contributed by atoms with Crippen LogP contribution in [0.2, 0.25) is 0 Å². The predicted molar refractivity (Wildman–Crippen MR) is 99.6 cm³/mol. The first-order chi connectivity index (χ1) is 13.6. The molecule has 0 saturated heterocycles. The maximum Gasteiger partial charge on any atom is 0.190 e. The molecule has 0 amide bonds. The molecule has 2 aliphatic rings. The number of rotatable bonds is 3. The van der Waals surface area contributed by atoms with Crippen molar-refractivity contribution in [2.24, 2.45) is 16.8 Å². The predicted octanol–water partition coefficient (Wildman–Crippen LogP) is 2.69. The molecule has 0 radical (unpaired) electrons. The highest BCUT2D eigenvalue weighted by atomic mass is 19.2. The zero-order valence-electron chi connectivity index (χ0n) is 14.6. The van der Waals surface area contributed by atoms with Crippen LogP contribution < -0.4 is 5.73 Å². The normalized spacial score (nSPS) is 20.4. The monoisotopic (exact) mass is 379 g/mol. The number of nitrogens with zero attached hydrogens (tertiary/aromatic N) is 6. The molecule has 2 N–H and O–H groups in total. The van der Waals surface area contributed by atoms with E-state index in [-0.39, 0.29) is 17.3 Å². The molecule has 1 aromatic carbocycles. The van der Waals surface area contributed by atoms with E-state index in [1.807, 2.05) is 12.3 Å². The van der Waals surface area contributed by atoms with E-state index in [1.54, 1.807) is 6.20 Å². The van der Waals surface area contributed by atoms with Gasteiger partial charge < -0.3 is 5.73 Å². The van der Waals surface area contributed by atoms with Crippen molar-refractivity contribution in [3.63, 3.8) is 0 Å². The maximum absolute atomic E-state index is 14.3. The fraction of sp³-hybridized carbons (Fsp3) is 0.211. The molecule has 3 aromatic rings. The summed E-state index contributed by atoms with van der Waals surface area (Å²) in [6, 6.07) is 5.66. The highest BCUT2D eigenvalue weighted by Gasteiger charge is 2.30. The Balaban J connectivity index is 1.58. The minimum atomic E-state index is -1.04. The van der Waals surface area contributed by atoms with Gasteiger partial charge in [-0.15, -0.1) is 5.10 Å². The van der Waals surface area contributed by atoms with Crippen molar-refractivity contribution in [2.75, 3.05) is 12.3 Å². The molecule has 0 saturated carbocycles. The fourth-order valence-corrected chi connectivity index (χ4v) is 3.74. The van der Waals surface area contributed by atoms with E-state index in [2.05, 4.69) is 31.6 Å². The van der Waals surface area contributed by atoms with Crippen LogP contribution in [0.1, 0.15) is 12.0 Å². The lowest BCUT2D eigenvalue weighted by molar-refractivity contribution is 0.501. The summed E-state index contributed by atoms with van der Waals surface area (Å²) in [6.07, 6.45) is 6.80. The van der Waals surface area contributed by atoms with Crippen LogP contribution in [0.4, 0.5) is 14.6 Å². The molecule has 2 atom stereocenters. The summed E-state index contributed by atoms with van der Waals surface area (Å²) >= 11 is 0. The summed E-state index contributed by atoms with van der Waals surface area (Å²) in [5, 5.41) is 11.4. The number of aliphatic imine (C=N–C) groups is 1. The van der Waals surface area contributed by atoms with Crippen LogP contribution in [-0.2, 0) is 0 Å². The first-order valence-corrected chi connectivity index (χ1v) is 8.81. The first-order valence-electron chi connectivity index (χ1n) is 8.81. The standard InChI is InChI=1S/C19H15F2N7/c20-15-2-1-3-16(17(15)21)28-19(25-26-27-28)14-6-13(9-24-18(14)22)10-4-11-7-23-8-12(11)5-10/h1-4,6,8-9,11-12H,5,7H2,(H2,22,24)/t11-,12+/m1/s1. The molecule has 28 heavy (non-hydrogen) atoms. The topological polar surface area (TPSA) is 94.9 Å². The molecule has 0 bridgehead atoms. The van der Waals surface area contributed by atoms with Crippen molar-refractivity contribution in [3.05, 3.63) is 53.7 Å². The van der Waals surface area contributed by atoms with Gasteiger partial charge in [0.05, 0.1) is 5.56 Å². The Kier molecular flexibility index (Phi) is 3.75. The number of pyridine rings is 1. The van der Waals surface area contributed by atoms with Crippen molar-refractivity contribution in [2.45, 2.75) is 6.42 Å². The summed E-state index contributed by atoms with van der Waals surface area (Å²) < 4.78 is 29.0. The van der Waals surface area contributed by atoms with Gasteiger partial charge in [0.1, 0.15) is 11.5 Å². The number of hydrogen-bond acceptors (Lipinski definition) is 6. The van der Waals surface area contributed by atoms with Crippen LogP contribution in [0, 0.1) is 23.5 Å². The van der Waals surface area contributed by atoms with Crippen LogP contribution in [0.3, 0.4) is 0 Å². The average Bonchev–Trinajstić information content (AvgIpc) is 3.40. The summed E-state index contributed by atoms with van der Waals surface area (Å²) in [4.78, 5) is 8.60. The first kappa shape index (κ1) is 16.7. The molecule has 5 rings (SSSR count). The number of aromatic nitrogens is 5. The Morgan fingerprint density at radius 2 is 2.07 bits per heavy atom. The van der Waals surface area contributed by atoms with Gasteiger partial charge in [-0.25, -0.2) is 13.8 Å². The van der Waals surface area contributed by atoms with Gasteiger partial charge in [0.15, 0.2) is 17.5 Å². The molecule has 0 unspecified atom stereocenters. The second-order valence-electron chi connectivity index (χ2n) is 6.88. The molecule has 1 aliphatic heterocycles. The summed E-state index contributed by atoms with van der Waals surface area (Å²) in [6.45, 7) is 0.806. The average molecular weight is 379 g/mol. The van der Waals surface area contributed by atoms with Gasteiger partial charge in [-0.05, 0) is 46.2 Å². The number of halogens is 2. The number of allylic oxidation sites excluding steroid dienone is 1. The van der Waals surface area contributed by atoms with Gasteiger partial charge in [0, 0.05) is 30.8 Å². The molecule has 2 aromatic heterocycles. The summed E-state index contributed by atoms with van der Waals surface area (Å²) in [7, 11) is 0. The number of nitrogens with two attached hydrogens (primary N) is 1. The van der Waals surface area contributed by atoms with E-state index in [1.165, 1.54) is 12.1 Å². The van der Waals surface area contributed by atoms with E-state index in [0.717, 1.165) is 34.9 Å². The number of benzene rings is 1. The lowest BCUT2D eigenvalue weighted by Gasteiger charge is -2.10. The van der Waals surface area contributed by atoms with Gasteiger partial charge in [-0.1, -0.05) is 12.1 Å². The molecule has 0 fully saturated rings. The quantitative estimate of drug-likeness (QED) is 0.755. The number of tetrazole rings is 1. The van der Waals surface area contributed by atoms with Crippen LogP contribution in [0.15, 0.2) is 41.5 Å². The number of nitrogen functional groups attached to an aromatic ring is 1. The Morgan fingerprint density at radius 3 is 2.93 bits per heavy atom. The number of hydrogen-bond donors (Lipinski definition) is 1. The van der Waals surface area contributed by atoms with E-state index in [4.69, 9.17) is 5.73 Å². The fourth-order valence-electron chi connectivity index (χ4n) is 3.74. The molecule has 140 valence electrons. The van der Waals surface area contributed by atoms with E-state index < -0.39 is 11.6 Å². The van der Waals surface area contributed by atoms with Gasteiger partial charge in [0.2, 0.25) is 0 Å². The molecular weight excluding hydrogens is 364 g/mol. The SMILES string of the molecule is Nc1ncc(C2=C[C@@H]3CN=C[C@@H]3C2)cc1-c1nnnn1-c1cccc(F)c1F. The van der Waals surface area contributed by atoms with Crippen LogP contribution >= 0.6 is 0 Å². The molecule has 3 heterocycles. The Labute approximate surface area is 158 Å². The zero-order valence-corrected chi connectivity index (χ0v) is 14.6. The number of anilines is 1. The van der Waals surface area contributed by atoms with E-state index in [9.17, 15) is 8.78 Å². The van der Waals surface area contributed by atoms with Gasteiger partial charge >= 0.3 is 0 Å². The Morgan fingerprint density at radius 1 is 1.18 bits per heavy atom. The van der Waals surface area contributed by atoms with Crippen molar-refractivity contribution in [1.29, 1.82) is 0 Å². The maximum atomic E-state index is 14.3.